The maximum absolute atomic E-state index is 5.26. The van der Waals surface area contributed by atoms with Gasteiger partial charge in [-0.15, -0.1) is 0 Å². The van der Waals surface area contributed by atoms with E-state index in [1.54, 1.807) is 7.11 Å². The number of pyridine rings is 1. The zero-order valence-electron chi connectivity index (χ0n) is 11.8. The summed E-state index contributed by atoms with van der Waals surface area (Å²) in [6.07, 6.45) is 6.46. The van der Waals surface area contributed by atoms with E-state index in [1.807, 2.05) is 18.3 Å². The van der Waals surface area contributed by atoms with Crippen LogP contribution in [0.4, 0.5) is 0 Å². The second kappa shape index (κ2) is 4.85. The maximum atomic E-state index is 5.26. The largest absolute Gasteiger partial charge is 0.497 e. The number of imidazole rings is 1. The summed E-state index contributed by atoms with van der Waals surface area (Å²) in [4.78, 5) is 7.19. The fraction of sp³-hybridized carbons (Fsp3) is 0.533. The van der Waals surface area contributed by atoms with Crippen LogP contribution in [0.1, 0.15) is 38.6 Å². The van der Waals surface area contributed by atoms with Gasteiger partial charge in [0.1, 0.15) is 11.6 Å². The molecule has 1 saturated heterocycles. The molecule has 0 bridgehead atoms. The molecule has 0 saturated carbocycles. The SMILES string of the molecule is COc1ccn2c(C3CCCN3C(C)C)ncc2c1. The van der Waals surface area contributed by atoms with Crippen LogP contribution in [0.5, 0.6) is 5.75 Å². The third kappa shape index (κ3) is 2.10. The number of hydrogen-bond donors (Lipinski definition) is 0. The molecule has 4 heteroatoms. The lowest BCUT2D eigenvalue weighted by Crippen LogP contribution is -2.31. The number of nitrogens with zero attached hydrogens (tertiary/aromatic N) is 3. The molecular formula is C15H21N3O. The van der Waals surface area contributed by atoms with Gasteiger partial charge in [-0.1, -0.05) is 0 Å². The predicted molar refractivity (Wildman–Crippen MR) is 75.6 cm³/mol. The summed E-state index contributed by atoms with van der Waals surface area (Å²) in [5.41, 5.74) is 1.10. The van der Waals surface area contributed by atoms with Crippen molar-refractivity contribution in [3.05, 3.63) is 30.4 Å². The van der Waals surface area contributed by atoms with Crippen molar-refractivity contribution in [3.8, 4) is 5.75 Å². The van der Waals surface area contributed by atoms with Gasteiger partial charge in [-0.3, -0.25) is 4.90 Å². The lowest BCUT2D eigenvalue weighted by Gasteiger charge is -2.27. The predicted octanol–water partition coefficient (Wildman–Crippen LogP) is 2.89. The molecule has 1 aliphatic rings. The second-order valence-electron chi connectivity index (χ2n) is 5.47. The molecule has 0 radical (unpaired) electrons. The van der Waals surface area contributed by atoms with Gasteiger partial charge in [0, 0.05) is 18.3 Å². The lowest BCUT2D eigenvalue weighted by molar-refractivity contribution is 0.198. The molecule has 3 rings (SSSR count). The van der Waals surface area contributed by atoms with Crippen molar-refractivity contribution in [1.29, 1.82) is 0 Å². The minimum Gasteiger partial charge on any atom is -0.497 e. The Morgan fingerprint density at radius 3 is 3.00 bits per heavy atom. The van der Waals surface area contributed by atoms with Crippen molar-refractivity contribution in [2.75, 3.05) is 13.7 Å². The third-order valence-corrected chi connectivity index (χ3v) is 4.02. The standard InChI is InChI=1S/C15H21N3O/c1-11(2)17-7-4-5-14(17)15-16-10-12-9-13(19-3)6-8-18(12)15/h6,8-11,14H,4-5,7H2,1-3H3. The summed E-state index contributed by atoms with van der Waals surface area (Å²) < 4.78 is 7.45. The molecule has 1 fully saturated rings. The van der Waals surface area contributed by atoms with Gasteiger partial charge >= 0.3 is 0 Å². The van der Waals surface area contributed by atoms with Crippen LogP contribution >= 0.6 is 0 Å². The number of fused-ring (bicyclic) bond motifs is 1. The van der Waals surface area contributed by atoms with E-state index in [4.69, 9.17) is 4.74 Å². The Labute approximate surface area is 114 Å². The topological polar surface area (TPSA) is 29.8 Å². The summed E-state index contributed by atoms with van der Waals surface area (Å²) in [7, 11) is 1.70. The summed E-state index contributed by atoms with van der Waals surface area (Å²) >= 11 is 0. The van der Waals surface area contributed by atoms with E-state index in [1.165, 1.54) is 19.4 Å². The van der Waals surface area contributed by atoms with Gasteiger partial charge < -0.3 is 9.14 Å². The molecule has 102 valence electrons. The smallest absolute Gasteiger partial charge is 0.130 e. The molecule has 0 spiro atoms. The molecule has 1 aliphatic heterocycles. The highest BCUT2D eigenvalue weighted by atomic mass is 16.5. The number of likely N-dealkylation sites (tertiary alicyclic amines) is 1. The van der Waals surface area contributed by atoms with Crippen LogP contribution in [0.25, 0.3) is 5.52 Å². The van der Waals surface area contributed by atoms with Crippen LogP contribution in [0.15, 0.2) is 24.5 Å². The molecule has 3 heterocycles. The summed E-state index contributed by atoms with van der Waals surface area (Å²) in [5.74, 6) is 2.04. The van der Waals surface area contributed by atoms with Gasteiger partial charge in [-0.2, -0.15) is 0 Å². The Balaban J connectivity index is 2.01. The second-order valence-corrected chi connectivity index (χ2v) is 5.47. The van der Waals surface area contributed by atoms with E-state index in [-0.39, 0.29) is 0 Å². The van der Waals surface area contributed by atoms with E-state index in [2.05, 4.69) is 34.3 Å². The first-order valence-electron chi connectivity index (χ1n) is 6.97. The van der Waals surface area contributed by atoms with Gasteiger partial charge in [-0.05, 0) is 39.3 Å². The molecular weight excluding hydrogens is 238 g/mol. The normalized spacial score (nSPS) is 20.5. The number of methoxy groups -OCH3 is 1. The van der Waals surface area contributed by atoms with Gasteiger partial charge in [-0.25, -0.2) is 4.98 Å². The number of ether oxygens (including phenoxy) is 1. The molecule has 2 aromatic rings. The minimum atomic E-state index is 0.441. The molecule has 1 atom stereocenters. The van der Waals surface area contributed by atoms with E-state index in [0.717, 1.165) is 17.1 Å². The molecule has 0 amide bonds. The molecule has 0 aromatic carbocycles. The van der Waals surface area contributed by atoms with Crippen LogP contribution in [0.3, 0.4) is 0 Å². The van der Waals surface area contributed by atoms with Crippen LogP contribution < -0.4 is 4.74 Å². The zero-order valence-corrected chi connectivity index (χ0v) is 11.8. The van der Waals surface area contributed by atoms with E-state index < -0.39 is 0 Å². The molecule has 4 nitrogen and oxygen atoms in total. The van der Waals surface area contributed by atoms with Gasteiger partial charge in [0.2, 0.25) is 0 Å². The maximum Gasteiger partial charge on any atom is 0.130 e. The van der Waals surface area contributed by atoms with E-state index >= 15 is 0 Å². The highest BCUT2D eigenvalue weighted by molar-refractivity contribution is 5.50. The number of hydrogen-bond acceptors (Lipinski definition) is 3. The fourth-order valence-electron chi connectivity index (χ4n) is 3.06. The highest BCUT2D eigenvalue weighted by Gasteiger charge is 2.30. The van der Waals surface area contributed by atoms with Crippen LogP contribution in [-0.4, -0.2) is 34.0 Å². The van der Waals surface area contributed by atoms with Crippen molar-refractivity contribution < 1.29 is 4.74 Å². The quantitative estimate of drug-likeness (QED) is 0.849. The Morgan fingerprint density at radius 2 is 2.26 bits per heavy atom. The average Bonchev–Trinajstić information content (AvgIpc) is 3.03. The Hall–Kier alpha value is -1.55. The summed E-state index contributed by atoms with van der Waals surface area (Å²) in [6, 6.07) is 5.03. The first-order valence-corrected chi connectivity index (χ1v) is 6.97. The Morgan fingerprint density at radius 1 is 1.42 bits per heavy atom. The zero-order chi connectivity index (χ0) is 13.4. The minimum absolute atomic E-state index is 0.441. The molecule has 2 aromatic heterocycles. The van der Waals surface area contributed by atoms with Crippen molar-refractivity contribution in [1.82, 2.24) is 14.3 Å². The average molecular weight is 259 g/mol. The first-order chi connectivity index (χ1) is 9.20. The highest BCUT2D eigenvalue weighted by Crippen LogP contribution is 2.33. The van der Waals surface area contributed by atoms with Crippen molar-refractivity contribution >= 4 is 5.52 Å². The Bertz CT molecular complexity index is 576. The number of rotatable bonds is 3. The molecule has 1 unspecified atom stereocenters. The van der Waals surface area contributed by atoms with Crippen LogP contribution in [-0.2, 0) is 0 Å². The summed E-state index contributed by atoms with van der Waals surface area (Å²) in [5, 5.41) is 0. The first kappa shape index (κ1) is 12.5. The van der Waals surface area contributed by atoms with Crippen molar-refractivity contribution in [2.24, 2.45) is 0 Å². The van der Waals surface area contributed by atoms with Crippen molar-refractivity contribution in [3.63, 3.8) is 0 Å². The lowest BCUT2D eigenvalue weighted by atomic mass is 10.2. The fourth-order valence-corrected chi connectivity index (χ4v) is 3.06. The van der Waals surface area contributed by atoms with Crippen LogP contribution in [0.2, 0.25) is 0 Å². The monoisotopic (exact) mass is 259 g/mol. The van der Waals surface area contributed by atoms with Gasteiger partial charge in [0.05, 0.1) is 24.9 Å². The number of aromatic nitrogens is 2. The van der Waals surface area contributed by atoms with E-state index in [9.17, 15) is 0 Å². The third-order valence-electron chi connectivity index (χ3n) is 4.02. The molecule has 0 aliphatic carbocycles. The van der Waals surface area contributed by atoms with Crippen molar-refractivity contribution in [2.45, 2.75) is 38.8 Å². The Kier molecular flexibility index (Phi) is 3.19. The van der Waals surface area contributed by atoms with E-state index in [0.29, 0.717) is 12.1 Å². The molecule has 19 heavy (non-hydrogen) atoms. The van der Waals surface area contributed by atoms with Gasteiger partial charge in [0.15, 0.2) is 0 Å². The van der Waals surface area contributed by atoms with Crippen LogP contribution in [0, 0.1) is 0 Å². The molecule has 0 N–H and O–H groups in total. The van der Waals surface area contributed by atoms with Gasteiger partial charge in [0.25, 0.3) is 0 Å². The summed E-state index contributed by atoms with van der Waals surface area (Å²) in [6.45, 7) is 5.70.